The highest BCUT2D eigenvalue weighted by Crippen LogP contribution is 2.28. The fraction of sp³-hybridized carbons (Fsp3) is 0.294. The van der Waals surface area contributed by atoms with Gasteiger partial charge in [0, 0.05) is 30.8 Å². The summed E-state index contributed by atoms with van der Waals surface area (Å²) in [4.78, 5) is 22.9. The van der Waals surface area contributed by atoms with Crippen LogP contribution in [0, 0.1) is 5.41 Å². The van der Waals surface area contributed by atoms with Crippen LogP contribution in [0.25, 0.3) is 0 Å². The summed E-state index contributed by atoms with van der Waals surface area (Å²) in [7, 11) is 0. The highest BCUT2D eigenvalue weighted by atomic mass is 16.6. The van der Waals surface area contributed by atoms with Gasteiger partial charge in [0.2, 0.25) is 0 Å². The second-order valence-electron chi connectivity index (χ2n) is 11.6. The zero-order valence-electron chi connectivity index (χ0n) is 25.2. The van der Waals surface area contributed by atoms with Crippen LogP contribution in [0.1, 0.15) is 50.3 Å². The normalized spacial score (nSPS) is 14.9. The molecular formula is C34H38N6O4. The van der Waals surface area contributed by atoms with Crippen molar-refractivity contribution in [1.82, 2.24) is 14.9 Å². The second kappa shape index (κ2) is 13.5. The van der Waals surface area contributed by atoms with Gasteiger partial charge in [-0.05, 0) is 75.6 Å². The number of nitrogens with one attached hydrogen (secondary N) is 2. The first-order valence-corrected chi connectivity index (χ1v) is 14.6. The minimum atomic E-state index is -0.567. The third-order valence-electron chi connectivity index (χ3n) is 6.97. The standard InChI is InChI=1S/C34H38N6O4/c1-34(2,3)44-33(41)40-18-8-11-25(20-40)39-32-29(31(36)37-22-38-32)30(35)24-14-16-26(17-15-24)43-28-13-7-12-27(19-28)42-21-23-9-5-4-6-10-23/h4-7,9-10,12-17,19,22,25,35H,8,11,18,20-21H2,1-3H3,(H3,36,37,38,39). The number of hydrogen-bond donors (Lipinski definition) is 3. The predicted octanol–water partition coefficient (Wildman–Crippen LogP) is 6.66. The summed E-state index contributed by atoms with van der Waals surface area (Å²) >= 11 is 0. The van der Waals surface area contributed by atoms with E-state index in [2.05, 4.69) is 15.3 Å². The van der Waals surface area contributed by atoms with E-state index >= 15 is 0 Å². The summed E-state index contributed by atoms with van der Waals surface area (Å²) in [6.07, 6.45) is 2.68. The number of anilines is 2. The lowest BCUT2D eigenvalue weighted by Gasteiger charge is -2.34. The second-order valence-corrected chi connectivity index (χ2v) is 11.6. The van der Waals surface area contributed by atoms with Crippen molar-refractivity contribution in [1.29, 1.82) is 5.41 Å². The van der Waals surface area contributed by atoms with Gasteiger partial charge in [0.1, 0.15) is 47.4 Å². The Morgan fingerprint density at radius 1 is 1.00 bits per heavy atom. The molecule has 1 amide bonds. The number of rotatable bonds is 9. The van der Waals surface area contributed by atoms with E-state index in [4.69, 9.17) is 25.4 Å². The fourth-order valence-electron chi connectivity index (χ4n) is 4.87. The molecule has 1 unspecified atom stereocenters. The minimum absolute atomic E-state index is 0.0830. The molecule has 44 heavy (non-hydrogen) atoms. The van der Waals surface area contributed by atoms with E-state index in [9.17, 15) is 4.79 Å². The average molecular weight is 595 g/mol. The first-order valence-electron chi connectivity index (χ1n) is 14.6. The van der Waals surface area contributed by atoms with Gasteiger partial charge >= 0.3 is 6.09 Å². The molecule has 1 aromatic heterocycles. The topological polar surface area (TPSA) is 136 Å². The Balaban J connectivity index is 1.24. The van der Waals surface area contributed by atoms with E-state index in [0.717, 1.165) is 18.4 Å². The number of ether oxygens (including phenoxy) is 3. The number of nitrogens with two attached hydrogens (primary N) is 1. The number of nitrogen functional groups attached to an aromatic ring is 1. The van der Waals surface area contributed by atoms with E-state index in [1.807, 2.05) is 75.4 Å². The smallest absolute Gasteiger partial charge is 0.410 e. The van der Waals surface area contributed by atoms with Crippen LogP contribution < -0.4 is 20.5 Å². The number of benzene rings is 3. The number of carbonyl (C=O) groups is 1. The van der Waals surface area contributed by atoms with Crippen molar-refractivity contribution in [3.63, 3.8) is 0 Å². The lowest BCUT2D eigenvalue weighted by atomic mass is 10.0. The predicted molar refractivity (Wildman–Crippen MR) is 171 cm³/mol. The molecule has 1 saturated heterocycles. The monoisotopic (exact) mass is 594 g/mol. The van der Waals surface area contributed by atoms with Crippen LogP contribution in [0.4, 0.5) is 16.4 Å². The average Bonchev–Trinajstić information content (AvgIpc) is 3.00. The van der Waals surface area contributed by atoms with Gasteiger partial charge in [-0.25, -0.2) is 14.8 Å². The Morgan fingerprint density at radius 2 is 1.75 bits per heavy atom. The lowest BCUT2D eigenvalue weighted by molar-refractivity contribution is 0.0206. The van der Waals surface area contributed by atoms with Crippen LogP contribution in [0.3, 0.4) is 0 Å². The SMILES string of the molecule is CC(C)(C)OC(=O)N1CCCC(Nc2ncnc(N)c2C(=N)c2ccc(Oc3cccc(OCc4ccccc4)c3)cc2)C1. The maximum Gasteiger partial charge on any atom is 0.410 e. The number of likely N-dealkylation sites (tertiary alicyclic amines) is 1. The maximum absolute atomic E-state index is 12.6. The molecule has 0 aliphatic carbocycles. The van der Waals surface area contributed by atoms with E-state index in [0.29, 0.717) is 53.9 Å². The van der Waals surface area contributed by atoms with Crippen molar-refractivity contribution in [2.45, 2.75) is 51.9 Å². The van der Waals surface area contributed by atoms with Gasteiger partial charge < -0.3 is 30.2 Å². The summed E-state index contributed by atoms with van der Waals surface area (Å²) in [5.74, 6) is 2.60. The molecule has 4 aromatic rings. The quantitative estimate of drug-likeness (QED) is 0.183. The summed E-state index contributed by atoms with van der Waals surface area (Å²) < 4.78 is 17.5. The van der Waals surface area contributed by atoms with Gasteiger partial charge in [-0.1, -0.05) is 36.4 Å². The molecular weight excluding hydrogens is 556 g/mol. The number of piperidine rings is 1. The third-order valence-corrected chi connectivity index (χ3v) is 6.97. The van der Waals surface area contributed by atoms with E-state index in [1.54, 1.807) is 29.2 Å². The van der Waals surface area contributed by atoms with Gasteiger partial charge in [-0.2, -0.15) is 0 Å². The van der Waals surface area contributed by atoms with Gasteiger partial charge in [-0.3, -0.25) is 5.41 Å². The molecule has 0 radical (unpaired) electrons. The van der Waals surface area contributed by atoms with E-state index in [1.165, 1.54) is 6.33 Å². The Labute approximate surface area is 257 Å². The number of hydrogen-bond acceptors (Lipinski definition) is 9. The van der Waals surface area contributed by atoms with Gasteiger partial charge in [-0.15, -0.1) is 0 Å². The van der Waals surface area contributed by atoms with Gasteiger partial charge in [0.15, 0.2) is 0 Å². The van der Waals surface area contributed by atoms with Crippen LogP contribution in [0.15, 0.2) is 85.2 Å². The molecule has 1 aliphatic heterocycles. The zero-order valence-corrected chi connectivity index (χ0v) is 25.2. The maximum atomic E-state index is 12.6. The zero-order chi connectivity index (χ0) is 31.1. The molecule has 1 aliphatic rings. The van der Waals surface area contributed by atoms with Crippen LogP contribution in [0.2, 0.25) is 0 Å². The lowest BCUT2D eigenvalue weighted by Crippen LogP contribution is -2.47. The molecule has 228 valence electrons. The summed E-state index contributed by atoms with van der Waals surface area (Å²) in [6.45, 7) is 7.10. The van der Waals surface area contributed by atoms with Crippen molar-refractivity contribution in [3.05, 3.63) is 102 Å². The minimum Gasteiger partial charge on any atom is -0.489 e. The van der Waals surface area contributed by atoms with Crippen molar-refractivity contribution in [3.8, 4) is 17.2 Å². The summed E-state index contributed by atoms with van der Waals surface area (Å²) in [5.41, 5.74) is 7.98. The summed E-state index contributed by atoms with van der Waals surface area (Å²) in [5, 5.41) is 12.4. The molecule has 3 aromatic carbocycles. The van der Waals surface area contributed by atoms with Crippen molar-refractivity contribution in [2.24, 2.45) is 0 Å². The molecule has 0 saturated carbocycles. The Hall–Kier alpha value is -5.12. The molecule has 10 heteroatoms. The van der Waals surface area contributed by atoms with Crippen molar-refractivity contribution < 1.29 is 19.0 Å². The molecule has 5 rings (SSSR count). The molecule has 0 spiro atoms. The molecule has 4 N–H and O–H groups in total. The molecule has 0 bridgehead atoms. The Kier molecular flexibility index (Phi) is 9.28. The summed E-state index contributed by atoms with van der Waals surface area (Å²) in [6, 6.07) is 24.6. The van der Waals surface area contributed by atoms with Crippen LogP contribution >= 0.6 is 0 Å². The highest BCUT2D eigenvalue weighted by Gasteiger charge is 2.29. The van der Waals surface area contributed by atoms with Crippen molar-refractivity contribution in [2.75, 3.05) is 24.1 Å². The first-order chi connectivity index (χ1) is 21.1. The van der Waals surface area contributed by atoms with Crippen LogP contribution in [-0.2, 0) is 11.3 Å². The Bertz CT molecular complexity index is 1590. The Morgan fingerprint density at radius 3 is 2.50 bits per heavy atom. The number of aromatic nitrogens is 2. The number of nitrogens with zero attached hydrogens (tertiary/aromatic N) is 3. The van der Waals surface area contributed by atoms with Crippen LogP contribution in [0.5, 0.6) is 17.2 Å². The van der Waals surface area contributed by atoms with E-state index in [-0.39, 0.29) is 23.7 Å². The highest BCUT2D eigenvalue weighted by molar-refractivity contribution is 6.16. The van der Waals surface area contributed by atoms with Crippen LogP contribution in [-0.4, -0.2) is 51.4 Å². The van der Waals surface area contributed by atoms with E-state index < -0.39 is 5.60 Å². The molecule has 2 heterocycles. The number of amides is 1. The largest absolute Gasteiger partial charge is 0.489 e. The van der Waals surface area contributed by atoms with Crippen molar-refractivity contribution >= 4 is 23.4 Å². The third kappa shape index (κ3) is 8.03. The number of carbonyl (C=O) groups excluding carboxylic acids is 1. The molecule has 1 atom stereocenters. The fourth-order valence-corrected chi connectivity index (χ4v) is 4.87. The van der Waals surface area contributed by atoms with Gasteiger partial charge in [0.25, 0.3) is 0 Å². The first kappa shape index (κ1) is 30.3. The molecule has 10 nitrogen and oxygen atoms in total. The molecule has 1 fully saturated rings. The van der Waals surface area contributed by atoms with Gasteiger partial charge in [0.05, 0.1) is 11.3 Å².